The normalized spacial score (nSPS) is 26.8. The Bertz CT molecular complexity index is 304. The summed E-state index contributed by atoms with van der Waals surface area (Å²) in [5.74, 6) is 0.791. The van der Waals surface area contributed by atoms with Gasteiger partial charge in [0, 0.05) is 18.8 Å². The van der Waals surface area contributed by atoms with E-state index in [9.17, 15) is 5.11 Å². The molecule has 2 heterocycles. The Morgan fingerprint density at radius 2 is 2.43 bits per heavy atom. The number of rotatable bonds is 2. The van der Waals surface area contributed by atoms with E-state index in [1.54, 1.807) is 4.68 Å². The van der Waals surface area contributed by atoms with Crippen LogP contribution in [0.1, 0.15) is 5.69 Å². The number of aryl methyl sites for hydroxylation is 2. The van der Waals surface area contributed by atoms with Crippen LogP contribution in [0.4, 0.5) is 5.82 Å². The first-order valence-corrected chi connectivity index (χ1v) is 4.70. The summed E-state index contributed by atoms with van der Waals surface area (Å²) in [5, 5.41) is 16.9. The molecule has 2 atom stereocenters. The highest BCUT2D eigenvalue weighted by atomic mass is 16.5. The molecule has 0 radical (unpaired) electrons. The van der Waals surface area contributed by atoms with E-state index in [1.807, 2.05) is 20.0 Å². The van der Waals surface area contributed by atoms with Gasteiger partial charge in [-0.15, -0.1) is 0 Å². The largest absolute Gasteiger partial charge is 0.388 e. The highest BCUT2D eigenvalue weighted by Gasteiger charge is 2.26. The summed E-state index contributed by atoms with van der Waals surface area (Å²) < 4.78 is 6.93. The van der Waals surface area contributed by atoms with Crippen LogP contribution in [0.2, 0.25) is 0 Å². The highest BCUT2D eigenvalue weighted by molar-refractivity contribution is 5.37. The third-order valence-electron chi connectivity index (χ3n) is 2.50. The van der Waals surface area contributed by atoms with Crippen molar-refractivity contribution in [3.63, 3.8) is 0 Å². The fourth-order valence-electron chi connectivity index (χ4n) is 1.50. The minimum absolute atomic E-state index is 0.0377. The van der Waals surface area contributed by atoms with Crippen molar-refractivity contribution in [2.75, 3.05) is 18.5 Å². The van der Waals surface area contributed by atoms with E-state index >= 15 is 0 Å². The standard InChI is InChI=1S/C9H15N3O2/c1-6-3-9(11-12(6)2)10-7-4-14-5-8(7)13/h3,7-8,13H,4-5H2,1-2H3,(H,10,11). The summed E-state index contributed by atoms with van der Waals surface area (Å²) in [6, 6.07) is 1.91. The van der Waals surface area contributed by atoms with Crippen molar-refractivity contribution in [1.82, 2.24) is 9.78 Å². The van der Waals surface area contributed by atoms with Crippen molar-refractivity contribution in [2.24, 2.45) is 7.05 Å². The molecule has 1 fully saturated rings. The molecule has 2 unspecified atom stereocenters. The Labute approximate surface area is 82.7 Å². The van der Waals surface area contributed by atoms with Crippen molar-refractivity contribution in [3.8, 4) is 0 Å². The second-order valence-electron chi connectivity index (χ2n) is 3.65. The molecule has 1 saturated heterocycles. The van der Waals surface area contributed by atoms with Crippen molar-refractivity contribution in [3.05, 3.63) is 11.8 Å². The molecule has 5 heteroatoms. The fraction of sp³-hybridized carbons (Fsp3) is 0.667. The molecular formula is C9H15N3O2. The number of aromatic nitrogens is 2. The van der Waals surface area contributed by atoms with E-state index in [4.69, 9.17) is 4.74 Å². The molecule has 0 saturated carbocycles. The molecule has 1 aromatic rings. The molecule has 1 aliphatic heterocycles. The van der Waals surface area contributed by atoms with Crippen LogP contribution < -0.4 is 5.32 Å². The van der Waals surface area contributed by atoms with Crippen molar-refractivity contribution >= 4 is 5.82 Å². The molecular weight excluding hydrogens is 182 g/mol. The molecule has 1 aromatic heterocycles. The summed E-state index contributed by atoms with van der Waals surface area (Å²) in [4.78, 5) is 0. The first-order valence-electron chi connectivity index (χ1n) is 4.70. The zero-order valence-corrected chi connectivity index (χ0v) is 8.40. The van der Waals surface area contributed by atoms with E-state index in [0.717, 1.165) is 11.5 Å². The van der Waals surface area contributed by atoms with E-state index in [0.29, 0.717) is 13.2 Å². The van der Waals surface area contributed by atoms with Gasteiger partial charge >= 0.3 is 0 Å². The molecule has 1 aliphatic rings. The van der Waals surface area contributed by atoms with Gasteiger partial charge in [0.05, 0.1) is 25.4 Å². The SMILES string of the molecule is Cc1cc(NC2COCC2O)nn1C. The third kappa shape index (κ3) is 1.73. The van der Waals surface area contributed by atoms with Gasteiger partial charge in [0.1, 0.15) is 5.82 Å². The summed E-state index contributed by atoms with van der Waals surface area (Å²) in [7, 11) is 1.89. The predicted molar refractivity (Wildman–Crippen MR) is 52.2 cm³/mol. The minimum atomic E-state index is -0.433. The molecule has 2 N–H and O–H groups in total. The Morgan fingerprint density at radius 1 is 1.64 bits per heavy atom. The van der Waals surface area contributed by atoms with E-state index in [-0.39, 0.29) is 6.04 Å². The second-order valence-corrected chi connectivity index (χ2v) is 3.65. The summed E-state index contributed by atoms with van der Waals surface area (Å²) in [5.41, 5.74) is 1.08. The Hall–Kier alpha value is -1.07. The summed E-state index contributed by atoms with van der Waals surface area (Å²) in [6.07, 6.45) is -0.433. The fourth-order valence-corrected chi connectivity index (χ4v) is 1.50. The lowest BCUT2D eigenvalue weighted by Crippen LogP contribution is -2.31. The lowest BCUT2D eigenvalue weighted by molar-refractivity contribution is 0.125. The van der Waals surface area contributed by atoms with Crippen LogP contribution in [-0.2, 0) is 11.8 Å². The number of ether oxygens (including phenoxy) is 1. The number of aliphatic hydroxyl groups excluding tert-OH is 1. The molecule has 0 amide bonds. The molecule has 78 valence electrons. The molecule has 0 spiro atoms. The first-order chi connectivity index (χ1) is 6.66. The van der Waals surface area contributed by atoms with Gasteiger partial charge in [-0.25, -0.2) is 0 Å². The van der Waals surface area contributed by atoms with Gasteiger partial charge in [-0.1, -0.05) is 0 Å². The third-order valence-corrected chi connectivity index (χ3v) is 2.50. The monoisotopic (exact) mass is 197 g/mol. The number of hydrogen-bond acceptors (Lipinski definition) is 4. The van der Waals surface area contributed by atoms with Gasteiger partial charge in [0.2, 0.25) is 0 Å². The van der Waals surface area contributed by atoms with Crippen LogP contribution in [0.3, 0.4) is 0 Å². The number of aliphatic hydroxyl groups is 1. The quantitative estimate of drug-likeness (QED) is 0.695. The zero-order chi connectivity index (χ0) is 10.1. The van der Waals surface area contributed by atoms with Gasteiger partial charge in [0.15, 0.2) is 0 Å². The smallest absolute Gasteiger partial charge is 0.148 e. The summed E-state index contributed by atoms with van der Waals surface area (Å²) >= 11 is 0. The maximum Gasteiger partial charge on any atom is 0.148 e. The molecule has 14 heavy (non-hydrogen) atoms. The Morgan fingerprint density at radius 3 is 2.93 bits per heavy atom. The van der Waals surface area contributed by atoms with Gasteiger partial charge in [0.25, 0.3) is 0 Å². The van der Waals surface area contributed by atoms with Crippen LogP contribution in [0, 0.1) is 6.92 Å². The maximum absolute atomic E-state index is 9.50. The van der Waals surface area contributed by atoms with Gasteiger partial charge < -0.3 is 15.2 Å². The number of anilines is 1. The van der Waals surface area contributed by atoms with Crippen LogP contribution in [0.15, 0.2) is 6.07 Å². The zero-order valence-electron chi connectivity index (χ0n) is 8.40. The first kappa shape index (κ1) is 9.48. The Balaban J connectivity index is 2.03. The van der Waals surface area contributed by atoms with Crippen LogP contribution in [-0.4, -0.2) is 40.2 Å². The molecule has 0 bridgehead atoms. The van der Waals surface area contributed by atoms with Gasteiger partial charge in [-0.2, -0.15) is 5.10 Å². The van der Waals surface area contributed by atoms with E-state index in [2.05, 4.69) is 10.4 Å². The molecule has 5 nitrogen and oxygen atoms in total. The maximum atomic E-state index is 9.50. The average molecular weight is 197 g/mol. The van der Waals surface area contributed by atoms with Gasteiger partial charge in [-0.05, 0) is 6.92 Å². The number of nitrogens with zero attached hydrogens (tertiary/aromatic N) is 2. The Kier molecular flexibility index (Phi) is 2.43. The summed E-state index contributed by atoms with van der Waals surface area (Å²) in [6.45, 7) is 2.93. The van der Waals surface area contributed by atoms with Crippen LogP contribution in [0.25, 0.3) is 0 Å². The average Bonchev–Trinajstić information content (AvgIpc) is 2.63. The van der Waals surface area contributed by atoms with Crippen LogP contribution in [0.5, 0.6) is 0 Å². The number of hydrogen-bond donors (Lipinski definition) is 2. The van der Waals surface area contributed by atoms with Crippen LogP contribution >= 0.6 is 0 Å². The lowest BCUT2D eigenvalue weighted by atomic mass is 10.2. The molecule has 0 aliphatic carbocycles. The van der Waals surface area contributed by atoms with Gasteiger partial charge in [-0.3, -0.25) is 4.68 Å². The second kappa shape index (κ2) is 3.59. The predicted octanol–water partition coefficient (Wildman–Crippen LogP) is -0.0999. The van der Waals surface area contributed by atoms with Crippen molar-refractivity contribution < 1.29 is 9.84 Å². The topological polar surface area (TPSA) is 59.3 Å². The minimum Gasteiger partial charge on any atom is -0.388 e. The number of nitrogens with one attached hydrogen (secondary N) is 1. The van der Waals surface area contributed by atoms with Crippen molar-refractivity contribution in [1.29, 1.82) is 0 Å². The van der Waals surface area contributed by atoms with E-state index in [1.165, 1.54) is 0 Å². The molecule has 2 rings (SSSR count). The van der Waals surface area contributed by atoms with E-state index < -0.39 is 6.10 Å². The molecule has 0 aromatic carbocycles. The van der Waals surface area contributed by atoms with Crippen molar-refractivity contribution in [2.45, 2.75) is 19.1 Å². The lowest BCUT2D eigenvalue weighted by Gasteiger charge is -2.13. The highest BCUT2D eigenvalue weighted by Crippen LogP contribution is 2.13.